The highest BCUT2D eigenvalue weighted by Crippen LogP contribution is 2.10. The molecule has 1 aromatic carbocycles. The van der Waals surface area contributed by atoms with Crippen LogP contribution in [0, 0.1) is 5.82 Å². The van der Waals surface area contributed by atoms with Crippen molar-refractivity contribution in [2.24, 2.45) is 0 Å². The lowest BCUT2D eigenvalue weighted by molar-refractivity contribution is -0.115. The molecule has 1 atom stereocenters. The van der Waals surface area contributed by atoms with Crippen LogP contribution in [0.5, 0.6) is 0 Å². The van der Waals surface area contributed by atoms with Gasteiger partial charge in [-0.15, -0.1) is 0 Å². The molecule has 1 aromatic rings. The average molecular weight is 245 g/mol. The lowest BCUT2D eigenvalue weighted by Crippen LogP contribution is -2.31. The Morgan fingerprint density at radius 3 is 2.25 bits per heavy atom. The summed E-state index contributed by atoms with van der Waals surface area (Å²) < 4.78 is 34.8. The average Bonchev–Trinajstić information content (AvgIpc) is 2.19. The van der Waals surface area contributed by atoms with E-state index >= 15 is 0 Å². The van der Waals surface area contributed by atoms with E-state index in [1.807, 2.05) is 0 Å². The topological polar surface area (TPSA) is 63.2 Å². The molecular formula is C10H12FNO3S. The quantitative estimate of drug-likeness (QED) is 0.870. The van der Waals surface area contributed by atoms with Gasteiger partial charge in [0.1, 0.15) is 11.1 Å². The van der Waals surface area contributed by atoms with Crippen molar-refractivity contribution in [3.05, 3.63) is 30.1 Å². The number of hydrogen-bond donors (Lipinski definition) is 1. The number of carbonyl (C=O) groups is 1. The molecule has 0 aliphatic carbocycles. The van der Waals surface area contributed by atoms with Crippen molar-refractivity contribution in [3.63, 3.8) is 0 Å². The van der Waals surface area contributed by atoms with E-state index in [0.29, 0.717) is 5.69 Å². The number of anilines is 1. The molecule has 0 bridgehead atoms. The fraction of sp³-hybridized carbons (Fsp3) is 0.300. The van der Waals surface area contributed by atoms with E-state index < -0.39 is 26.8 Å². The maximum absolute atomic E-state index is 12.6. The van der Waals surface area contributed by atoms with Crippen LogP contribution in [0.3, 0.4) is 0 Å². The van der Waals surface area contributed by atoms with Gasteiger partial charge in [0.05, 0.1) is 0 Å². The van der Waals surface area contributed by atoms with Crippen LogP contribution >= 0.6 is 0 Å². The molecule has 0 spiro atoms. The second-order valence-corrected chi connectivity index (χ2v) is 5.83. The monoisotopic (exact) mass is 245 g/mol. The number of rotatable bonds is 3. The van der Waals surface area contributed by atoms with Crippen molar-refractivity contribution >= 4 is 21.4 Å². The first-order valence-corrected chi connectivity index (χ1v) is 6.51. The second kappa shape index (κ2) is 4.61. The van der Waals surface area contributed by atoms with Gasteiger partial charge in [0.15, 0.2) is 9.84 Å². The summed E-state index contributed by atoms with van der Waals surface area (Å²) in [6, 6.07) is 5.09. The highest BCUT2D eigenvalue weighted by atomic mass is 32.2. The molecule has 1 unspecified atom stereocenters. The Kier molecular flexibility index (Phi) is 3.64. The highest BCUT2D eigenvalue weighted by Gasteiger charge is 2.23. The van der Waals surface area contributed by atoms with E-state index in [4.69, 9.17) is 0 Å². The summed E-state index contributed by atoms with van der Waals surface area (Å²) in [5.41, 5.74) is 0.363. The van der Waals surface area contributed by atoms with E-state index in [-0.39, 0.29) is 0 Å². The minimum atomic E-state index is -3.42. The minimum absolute atomic E-state index is 0.363. The lowest BCUT2D eigenvalue weighted by Gasteiger charge is -2.10. The van der Waals surface area contributed by atoms with Gasteiger partial charge in [0, 0.05) is 11.9 Å². The Bertz CT molecular complexity index is 481. The number of carbonyl (C=O) groups excluding carboxylic acids is 1. The van der Waals surface area contributed by atoms with Crippen LogP contribution in [-0.4, -0.2) is 25.8 Å². The molecule has 0 aliphatic heterocycles. The molecule has 4 nitrogen and oxygen atoms in total. The van der Waals surface area contributed by atoms with Gasteiger partial charge in [0.25, 0.3) is 0 Å². The van der Waals surface area contributed by atoms with Crippen LogP contribution in [0.1, 0.15) is 6.92 Å². The van der Waals surface area contributed by atoms with Crippen LogP contribution < -0.4 is 5.32 Å². The molecule has 0 aromatic heterocycles. The molecule has 1 rings (SSSR count). The SMILES string of the molecule is CC(C(=O)Nc1ccc(F)cc1)S(C)(=O)=O. The molecular weight excluding hydrogens is 233 g/mol. The fourth-order valence-corrected chi connectivity index (χ4v) is 1.42. The molecule has 0 aliphatic rings. The van der Waals surface area contributed by atoms with Crippen molar-refractivity contribution in [1.82, 2.24) is 0 Å². The molecule has 1 N–H and O–H groups in total. The fourth-order valence-electron chi connectivity index (χ4n) is 0.972. The Hall–Kier alpha value is -1.43. The van der Waals surface area contributed by atoms with E-state index in [0.717, 1.165) is 6.26 Å². The lowest BCUT2D eigenvalue weighted by atomic mass is 10.3. The molecule has 6 heteroatoms. The first-order valence-electron chi connectivity index (χ1n) is 4.56. The summed E-state index contributed by atoms with van der Waals surface area (Å²) in [7, 11) is -3.42. The largest absolute Gasteiger partial charge is 0.325 e. The third kappa shape index (κ3) is 3.30. The van der Waals surface area contributed by atoms with Gasteiger partial charge < -0.3 is 5.32 Å². The zero-order valence-corrected chi connectivity index (χ0v) is 9.71. The van der Waals surface area contributed by atoms with E-state index in [9.17, 15) is 17.6 Å². The smallest absolute Gasteiger partial charge is 0.242 e. The zero-order chi connectivity index (χ0) is 12.3. The summed E-state index contributed by atoms with van der Waals surface area (Å²) in [6.07, 6.45) is 0.988. The normalized spacial score (nSPS) is 13.2. The van der Waals surface area contributed by atoms with E-state index in [1.54, 1.807) is 0 Å². The van der Waals surface area contributed by atoms with Gasteiger partial charge in [0.2, 0.25) is 5.91 Å². The summed E-state index contributed by atoms with van der Waals surface area (Å²) in [5.74, 6) is -1.05. The van der Waals surface area contributed by atoms with Gasteiger partial charge >= 0.3 is 0 Å². The molecule has 0 fully saturated rings. The van der Waals surface area contributed by atoms with Crippen molar-refractivity contribution in [2.75, 3.05) is 11.6 Å². The Morgan fingerprint density at radius 1 is 1.31 bits per heavy atom. The first kappa shape index (κ1) is 12.6. The van der Waals surface area contributed by atoms with Gasteiger partial charge in [-0.2, -0.15) is 0 Å². The molecule has 16 heavy (non-hydrogen) atoms. The van der Waals surface area contributed by atoms with Crippen molar-refractivity contribution < 1.29 is 17.6 Å². The Morgan fingerprint density at radius 2 is 1.81 bits per heavy atom. The van der Waals surface area contributed by atoms with Crippen LogP contribution in [0.25, 0.3) is 0 Å². The third-order valence-corrected chi connectivity index (χ3v) is 3.62. The van der Waals surface area contributed by atoms with Crippen LogP contribution in [-0.2, 0) is 14.6 Å². The van der Waals surface area contributed by atoms with Crippen molar-refractivity contribution in [3.8, 4) is 0 Å². The molecule has 0 saturated carbocycles. The molecule has 0 radical (unpaired) electrons. The number of sulfone groups is 1. The molecule has 88 valence electrons. The van der Waals surface area contributed by atoms with Crippen LogP contribution in [0.4, 0.5) is 10.1 Å². The molecule has 0 saturated heterocycles. The Labute approximate surface area is 93.4 Å². The molecule has 1 amide bonds. The van der Waals surface area contributed by atoms with Gasteiger partial charge in [-0.25, -0.2) is 12.8 Å². The number of amides is 1. The predicted molar refractivity (Wildman–Crippen MR) is 59.3 cm³/mol. The maximum Gasteiger partial charge on any atom is 0.242 e. The minimum Gasteiger partial charge on any atom is -0.325 e. The Balaban J connectivity index is 2.76. The summed E-state index contributed by atoms with van der Waals surface area (Å²) in [5, 5.41) is 1.26. The van der Waals surface area contributed by atoms with E-state index in [2.05, 4.69) is 5.32 Å². The second-order valence-electron chi connectivity index (χ2n) is 3.47. The van der Waals surface area contributed by atoms with Gasteiger partial charge in [-0.3, -0.25) is 4.79 Å². The molecule has 0 heterocycles. The number of hydrogen-bond acceptors (Lipinski definition) is 3. The summed E-state index contributed by atoms with van der Waals surface area (Å²) in [6.45, 7) is 1.30. The maximum atomic E-state index is 12.6. The van der Waals surface area contributed by atoms with Crippen molar-refractivity contribution in [1.29, 1.82) is 0 Å². The van der Waals surface area contributed by atoms with Crippen LogP contribution in [0.2, 0.25) is 0 Å². The van der Waals surface area contributed by atoms with Gasteiger partial charge in [-0.05, 0) is 31.2 Å². The van der Waals surface area contributed by atoms with Gasteiger partial charge in [-0.1, -0.05) is 0 Å². The zero-order valence-electron chi connectivity index (χ0n) is 8.90. The standard InChI is InChI=1S/C10H12FNO3S/c1-7(16(2,14)15)10(13)12-9-5-3-8(11)4-6-9/h3-7H,1-2H3,(H,12,13). The third-order valence-electron chi connectivity index (χ3n) is 2.12. The summed E-state index contributed by atoms with van der Waals surface area (Å²) >= 11 is 0. The van der Waals surface area contributed by atoms with E-state index in [1.165, 1.54) is 31.2 Å². The predicted octanol–water partition coefficient (Wildman–Crippen LogP) is 1.20. The number of benzene rings is 1. The first-order chi connectivity index (χ1) is 7.30. The highest BCUT2D eigenvalue weighted by molar-refractivity contribution is 7.92. The van der Waals surface area contributed by atoms with Crippen LogP contribution in [0.15, 0.2) is 24.3 Å². The number of nitrogens with one attached hydrogen (secondary N) is 1. The summed E-state index contributed by atoms with van der Waals surface area (Å²) in [4.78, 5) is 11.5. The number of halogens is 1. The van der Waals surface area contributed by atoms with Crippen molar-refractivity contribution in [2.45, 2.75) is 12.2 Å².